The molecule has 1 fully saturated rings. The van der Waals surface area contributed by atoms with Gasteiger partial charge in [0.25, 0.3) is 5.91 Å². The molecular formula is C22H24N4O3S. The highest BCUT2D eigenvalue weighted by atomic mass is 32.1. The number of aromatic nitrogens is 2. The fourth-order valence-corrected chi connectivity index (χ4v) is 4.45. The van der Waals surface area contributed by atoms with Crippen molar-refractivity contribution >= 4 is 34.0 Å². The zero-order chi connectivity index (χ0) is 21.1. The summed E-state index contributed by atoms with van der Waals surface area (Å²) in [4.78, 5) is 31.5. The minimum absolute atomic E-state index is 0.205. The molecule has 4 rings (SSSR count). The highest BCUT2D eigenvalue weighted by Gasteiger charge is 2.18. The van der Waals surface area contributed by atoms with Crippen molar-refractivity contribution in [3.05, 3.63) is 64.4 Å². The number of ether oxygens (including phenoxy) is 1. The third kappa shape index (κ3) is 4.38. The van der Waals surface area contributed by atoms with E-state index in [0.717, 1.165) is 29.5 Å². The Balaban J connectivity index is 1.47. The van der Waals surface area contributed by atoms with Crippen LogP contribution in [0.15, 0.2) is 41.9 Å². The molecule has 0 radical (unpaired) electrons. The molecule has 3 heterocycles. The van der Waals surface area contributed by atoms with Gasteiger partial charge in [0.2, 0.25) is 0 Å². The Morgan fingerprint density at radius 3 is 2.63 bits per heavy atom. The number of nitrogens with one attached hydrogen (secondary N) is 1. The van der Waals surface area contributed by atoms with Crippen molar-refractivity contribution in [2.45, 2.75) is 26.3 Å². The number of esters is 1. The normalized spacial score (nSPS) is 13.5. The Bertz CT molecular complexity index is 1050. The Morgan fingerprint density at radius 2 is 1.93 bits per heavy atom. The Labute approximate surface area is 179 Å². The first kappa shape index (κ1) is 20.2. The molecule has 7 nitrogen and oxygen atoms in total. The smallest absolute Gasteiger partial charge is 0.337 e. The average molecular weight is 425 g/mol. The van der Waals surface area contributed by atoms with Gasteiger partial charge in [-0.05, 0) is 55.7 Å². The maximum absolute atomic E-state index is 12.9. The van der Waals surface area contributed by atoms with Gasteiger partial charge in [0.05, 0.1) is 24.9 Å². The Kier molecular flexibility index (Phi) is 5.85. The fraction of sp³-hybridized carbons (Fsp3) is 0.318. The predicted molar refractivity (Wildman–Crippen MR) is 118 cm³/mol. The second kappa shape index (κ2) is 8.71. The monoisotopic (exact) mass is 424 g/mol. The molecule has 1 amide bonds. The van der Waals surface area contributed by atoms with E-state index in [2.05, 4.69) is 15.6 Å². The molecule has 0 spiro atoms. The van der Waals surface area contributed by atoms with Crippen molar-refractivity contribution in [3.63, 3.8) is 0 Å². The first-order chi connectivity index (χ1) is 14.5. The van der Waals surface area contributed by atoms with Crippen LogP contribution in [-0.2, 0) is 11.3 Å². The van der Waals surface area contributed by atoms with Gasteiger partial charge >= 0.3 is 5.97 Å². The maximum Gasteiger partial charge on any atom is 0.337 e. The van der Waals surface area contributed by atoms with Gasteiger partial charge < -0.3 is 19.5 Å². The SMILES string of the molecule is COC(=O)c1ccc(NC(=O)c2cc(C)cn2Cc2csc(N3CCCC3)n2)cc1. The van der Waals surface area contributed by atoms with Gasteiger partial charge in [0.15, 0.2) is 5.13 Å². The topological polar surface area (TPSA) is 76.5 Å². The lowest BCUT2D eigenvalue weighted by Crippen LogP contribution is -2.18. The van der Waals surface area contributed by atoms with Crippen molar-refractivity contribution in [2.75, 3.05) is 30.4 Å². The minimum atomic E-state index is -0.408. The standard InChI is InChI=1S/C22H24N4O3S/c1-15-11-19(20(27)23-17-7-5-16(6-8-17)21(28)29-2)26(12-15)13-18-14-30-22(24-18)25-9-3-4-10-25/h5-8,11-12,14H,3-4,9-10,13H2,1-2H3,(H,23,27). The van der Waals surface area contributed by atoms with Crippen molar-refractivity contribution in [1.29, 1.82) is 0 Å². The molecule has 30 heavy (non-hydrogen) atoms. The van der Waals surface area contributed by atoms with Crippen LogP contribution in [0.2, 0.25) is 0 Å². The number of methoxy groups -OCH3 is 1. The molecule has 156 valence electrons. The maximum atomic E-state index is 12.9. The van der Waals surface area contributed by atoms with E-state index < -0.39 is 5.97 Å². The van der Waals surface area contributed by atoms with Crippen molar-refractivity contribution in [2.24, 2.45) is 0 Å². The zero-order valence-corrected chi connectivity index (χ0v) is 17.9. The second-order valence-electron chi connectivity index (χ2n) is 7.37. The number of carbonyl (C=O) groups excluding carboxylic acids is 2. The second-order valence-corrected chi connectivity index (χ2v) is 8.21. The van der Waals surface area contributed by atoms with E-state index in [4.69, 9.17) is 9.72 Å². The molecule has 1 aliphatic heterocycles. The number of thiazole rings is 1. The van der Waals surface area contributed by atoms with Gasteiger partial charge in [-0.25, -0.2) is 9.78 Å². The van der Waals surface area contributed by atoms with Gasteiger partial charge in [0.1, 0.15) is 5.69 Å². The molecule has 0 saturated carbocycles. The van der Waals surface area contributed by atoms with Gasteiger partial charge in [-0.3, -0.25) is 4.79 Å². The van der Waals surface area contributed by atoms with Gasteiger partial charge in [-0.15, -0.1) is 11.3 Å². The molecule has 0 bridgehead atoms. The highest BCUT2D eigenvalue weighted by Crippen LogP contribution is 2.25. The number of amides is 1. The number of anilines is 2. The molecule has 2 aromatic heterocycles. The summed E-state index contributed by atoms with van der Waals surface area (Å²) in [7, 11) is 1.34. The minimum Gasteiger partial charge on any atom is -0.465 e. The average Bonchev–Trinajstić information content (AvgIpc) is 3.49. The number of aryl methyl sites for hydroxylation is 1. The number of benzene rings is 1. The quantitative estimate of drug-likeness (QED) is 0.607. The zero-order valence-electron chi connectivity index (χ0n) is 17.1. The van der Waals surface area contributed by atoms with Crippen molar-refractivity contribution in [3.8, 4) is 0 Å². The van der Waals surface area contributed by atoms with Crippen molar-refractivity contribution in [1.82, 2.24) is 9.55 Å². The number of hydrogen-bond acceptors (Lipinski definition) is 6. The van der Waals surface area contributed by atoms with Crippen LogP contribution >= 0.6 is 11.3 Å². The van der Waals surface area contributed by atoms with E-state index in [9.17, 15) is 9.59 Å². The van der Waals surface area contributed by atoms with Crippen LogP contribution < -0.4 is 10.2 Å². The van der Waals surface area contributed by atoms with E-state index in [1.165, 1.54) is 20.0 Å². The lowest BCUT2D eigenvalue weighted by atomic mass is 10.2. The van der Waals surface area contributed by atoms with Gasteiger partial charge in [-0.2, -0.15) is 0 Å². The Hall–Kier alpha value is -3.13. The summed E-state index contributed by atoms with van der Waals surface area (Å²) >= 11 is 1.66. The lowest BCUT2D eigenvalue weighted by molar-refractivity contribution is 0.0600. The summed E-state index contributed by atoms with van der Waals surface area (Å²) in [5.74, 6) is -0.613. The summed E-state index contributed by atoms with van der Waals surface area (Å²) in [6.45, 7) is 4.65. The van der Waals surface area contributed by atoms with Crippen molar-refractivity contribution < 1.29 is 14.3 Å². The van der Waals surface area contributed by atoms with Crippen LogP contribution in [0.25, 0.3) is 0 Å². The molecule has 3 aromatic rings. The molecule has 1 saturated heterocycles. The van der Waals surface area contributed by atoms with Crippen LogP contribution in [0, 0.1) is 6.92 Å². The lowest BCUT2D eigenvalue weighted by Gasteiger charge is -2.12. The summed E-state index contributed by atoms with van der Waals surface area (Å²) in [6, 6.07) is 8.49. The van der Waals surface area contributed by atoms with Crippen LogP contribution in [0.5, 0.6) is 0 Å². The third-order valence-electron chi connectivity index (χ3n) is 5.08. The van der Waals surface area contributed by atoms with Crippen LogP contribution in [0.4, 0.5) is 10.8 Å². The summed E-state index contributed by atoms with van der Waals surface area (Å²) in [5.41, 5.74) is 3.58. The number of carbonyl (C=O) groups is 2. The molecule has 1 aliphatic rings. The molecule has 1 aromatic carbocycles. The summed E-state index contributed by atoms with van der Waals surface area (Å²) in [5, 5.41) is 6.02. The predicted octanol–water partition coefficient (Wildman–Crippen LogP) is 3.94. The van der Waals surface area contributed by atoms with E-state index in [0.29, 0.717) is 23.5 Å². The number of nitrogens with zero attached hydrogens (tertiary/aromatic N) is 3. The van der Waals surface area contributed by atoms with Crippen LogP contribution in [0.3, 0.4) is 0 Å². The first-order valence-corrected chi connectivity index (χ1v) is 10.8. The molecule has 0 unspecified atom stereocenters. The third-order valence-corrected chi connectivity index (χ3v) is 6.03. The van der Waals surface area contributed by atoms with E-state index >= 15 is 0 Å². The van der Waals surface area contributed by atoms with Crippen LogP contribution in [0.1, 0.15) is 44.9 Å². The fourth-order valence-electron chi connectivity index (χ4n) is 3.58. The number of hydrogen-bond donors (Lipinski definition) is 1. The van der Waals surface area contributed by atoms with Gasteiger partial charge in [-0.1, -0.05) is 0 Å². The number of rotatable bonds is 6. The largest absolute Gasteiger partial charge is 0.465 e. The Morgan fingerprint density at radius 1 is 1.20 bits per heavy atom. The summed E-state index contributed by atoms with van der Waals surface area (Å²) in [6.07, 6.45) is 4.40. The molecular weight excluding hydrogens is 400 g/mol. The van der Waals surface area contributed by atoms with E-state index in [1.54, 1.807) is 35.6 Å². The molecule has 1 N–H and O–H groups in total. The first-order valence-electron chi connectivity index (χ1n) is 9.89. The highest BCUT2D eigenvalue weighted by molar-refractivity contribution is 7.13. The summed E-state index contributed by atoms with van der Waals surface area (Å²) < 4.78 is 6.62. The molecule has 0 atom stereocenters. The van der Waals surface area contributed by atoms with E-state index in [1.807, 2.05) is 23.8 Å². The van der Waals surface area contributed by atoms with E-state index in [-0.39, 0.29) is 5.91 Å². The van der Waals surface area contributed by atoms with Gasteiger partial charge in [0, 0.05) is 30.4 Å². The molecule has 0 aliphatic carbocycles. The van der Waals surface area contributed by atoms with Crippen LogP contribution in [-0.4, -0.2) is 41.6 Å². The molecule has 8 heteroatoms.